The van der Waals surface area contributed by atoms with Gasteiger partial charge in [0, 0.05) is 23.8 Å². The highest BCUT2D eigenvalue weighted by Gasteiger charge is 2.22. The van der Waals surface area contributed by atoms with Crippen LogP contribution < -0.4 is 14.9 Å². The van der Waals surface area contributed by atoms with Crippen LogP contribution in [0.2, 0.25) is 0 Å². The number of anilines is 1. The molecule has 0 aliphatic carbocycles. The van der Waals surface area contributed by atoms with E-state index in [0.717, 1.165) is 16.7 Å². The van der Waals surface area contributed by atoms with Gasteiger partial charge in [0.2, 0.25) is 5.75 Å². The molecule has 0 aromatic heterocycles. The van der Waals surface area contributed by atoms with Crippen molar-refractivity contribution in [3.8, 4) is 11.5 Å². The molecule has 170 valence electrons. The second kappa shape index (κ2) is 10.2. The fourth-order valence-electron chi connectivity index (χ4n) is 3.06. The van der Waals surface area contributed by atoms with Crippen LogP contribution >= 0.6 is 0 Å². The minimum atomic E-state index is -0.540. The Morgan fingerprint density at radius 2 is 1.73 bits per heavy atom. The summed E-state index contributed by atoms with van der Waals surface area (Å²) in [6, 6.07) is 14.5. The molecule has 0 saturated carbocycles. The highest BCUT2D eigenvalue weighted by Crippen LogP contribution is 2.38. The Morgan fingerprint density at radius 1 is 1.00 bits per heavy atom. The number of aryl methyl sites for hydroxylation is 2. The first-order chi connectivity index (χ1) is 15.8. The lowest BCUT2D eigenvalue weighted by Crippen LogP contribution is -2.04. The van der Waals surface area contributed by atoms with Gasteiger partial charge >= 0.3 is 5.69 Å². The van der Waals surface area contributed by atoms with Gasteiger partial charge in [0.25, 0.3) is 5.69 Å². The highest BCUT2D eigenvalue weighted by molar-refractivity contribution is 5.83. The van der Waals surface area contributed by atoms with Crippen molar-refractivity contribution in [1.29, 1.82) is 0 Å². The lowest BCUT2D eigenvalue weighted by molar-refractivity contribution is -0.386. The third-order valence-electron chi connectivity index (χ3n) is 4.84. The smallest absolute Gasteiger partial charge is 0.315 e. The van der Waals surface area contributed by atoms with Crippen molar-refractivity contribution in [3.63, 3.8) is 0 Å². The van der Waals surface area contributed by atoms with Gasteiger partial charge in [0.1, 0.15) is 6.61 Å². The van der Waals surface area contributed by atoms with Gasteiger partial charge < -0.3 is 9.47 Å². The molecule has 0 amide bonds. The summed E-state index contributed by atoms with van der Waals surface area (Å²) in [7, 11) is 1.40. The normalized spacial score (nSPS) is 10.8. The van der Waals surface area contributed by atoms with E-state index in [1.165, 1.54) is 43.7 Å². The number of non-ortho nitro benzene ring substituents is 1. The maximum atomic E-state index is 11.7. The number of hydrogen-bond acceptors (Lipinski definition) is 8. The fraction of sp³-hybridized carbons (Fsp3) is 0.174. The lowest BCUT2D eigenvalue weighted by atomic mass is 10.1. The molecule has 1 N–H and O–H groups in total. The van der Waals surface area contributed by atoms with E-state index in [0.29, 0.717) is 11.3 Å². The Balaban J connectivity index is 1.82. The zero-order valence-corrected chi connectivity index (χ0v) is 18.3. The summed E-state index contributed by atoms with van der Waals surface area (Å²) in [5.74, 6) is 0.232. The van der Waals surface area contributed by atoms with Crippen molar-refractivity contribution in [1.82, 2.24) is 0 Å². The zero-order valence-electron chi connectivity index (χ0n) is 18.3. The Bertz CT molecular complexity index is 1210. The number of benzene rings is 3. The average Bonchev–Trinajstić information content (AvgIpc) is 2.79. The summed E-state index contributed by atoms with van der Waals surface area (Å²) >= 11 is 0. The number of hydrogen-bond donors (Lipinski definition) is 1. The van der Waals surface area contributed by atoms with Crippen LogP contribution in [0.4, 0.5) is 17.1 Å². The molecule has 0 aliphatic rings. The Hall–Kier alpha value is -4.47. The van der Waals surface area contributed by atoms with Crippen LogP contribution in [-0.4, -0.2) is 23.2 Å². The van der Waals surface area contributed by atoms with Gasteiger partial charge in [-0.25, -0.2) is 0 Å². The molecule has 3 aromatic rings. The topological polar surface area (TPSA) is 129 Å². The van der Waals surface area contributed by atoms with Crippen molar-refractivity contribution >= 4 is 23.3 Å². The van der Waals surface area contributed by atoms with Gasteiger partial charge in [-0.3, -0.25) is 25.7 Å². The summed E-state index contributed by atoms with van der Waals surface area (Å²) in [6.45, 7) is 4.06. The molecule has 33 heavy (non-hydrogen) atoms. The lowest BCUT2D eigenvalue weighted by Gasteiger charge is -2.13. The van der Waals surface area contributed by atoms with Crippen LogP contribution in [0, 0.1) is 34.1 Å². The predicted octanol–water partition coefficient (Wildman–Crippen LogP) is 5.15. The third kappa shape index (κ3) is 5.82. The maximum Gasteiger partial charge on any atom is 0.315 e. The second-order valence-corrected chi connectivity index (χ2v) is 7.22. The number of methoxy groups -OCH3 is 1. The SMILES string of the molecule is COc1cc(/C=N/Nc2ccc([N+](=O)[O-])cc2)cc([N+](=O)[O-])c1OCc1cc(C)ccc1C. The summed E-state index contributed by atoms with van der Waals surface area (Å²) in [6.07, 6.45) is 1.38. The van der Waals surface area contributed by atoms with Crippen LogP contribution in [-0.2, 0) is 6.61 Å². The standard InChI is InChI=1S/C23H22N4O6/c1-15-4-5-16(2)18(10-15)14-33-23-21(27(30)31)11-17(12-22(23)32-3)13-24-25-19-6-8-20(9-7-19)26(28)29/h4-13,25H,14H2,1-3H3/b24-13+. The number of hydrazone groups is 1. The minimum Gasteiger partial charge on any atom is -0.493 e. The predicted molar refractivity (Wildman–Crippen MR) is 124 cm³/mol. The summed E-state index contributed by atoms with van der Waals surface area (Å²) in [4.78, 5) is 21.4. The zero-order chi connectivity index (χ0) is 24.0. The number of nitrogens with one attached hydrogen (secondary N) is 1. The molecule has 10 heteroatoms. The molecule has 3 rings (SSSR count). The molecule has 0 aliphatic heterocycles. The van der Waals surface area contributed by atoms with E-state index in [4.69, 9.17) is 9.47 Å². The van der Waals surface area contributed by atoms with E-state index in [9.17, 15) is 20.2 Å². The van der Waals surface area contributed by atoms with Crippen molar-refractivity contribution in [2.45, 2.75) is 20.5 Å². The number of ether oxygens (including phenoxy) is 2. The average molecular weight is 450 g/mol. The summed E-state index contributed by atoms with van der Waals surface area (Å²) in [5, 5.41) is 26.5. The largest absolute Gasteiger partial charge is 0.493 e. The van der Waals surface area contributed by atoms with E-state index in [1.54, 1.807) is 6.07 Å². The third-order valence-corrected chi connectivity index (χ3v) is 4.84. The van der Waals surface area contributed by atoms with E-state index < -0.39 is 9.85 Å². The van der Waals surface area contributed by atoms with E-state index in [1.807, 2.05) is 32.0 Å². The molecule has 0 fully saturated rings. The number of rotatable bonds is 9. The number of nitrogens with zero attached hydrogens (tertiary/aromatic N) is 3. The van der Waals surface area contributed by atoms with Gasteiger partial charge in [-0.1, -0.05) is 23.8 Å². The van der Waals surface area contributed by atoms with E-state index >= 15 is 0 Å². The number of nitro benzene ring substituents is 2. The van der Waals surface area contributed by atoms with Crippen molar-refractivity contribution in [3.05, 3.63) is 97.1 Å². The molecule has 0 bridgehead atoms. The summed E-state index contributed by atoms with van der Waals surface area (Å²) in [5.41, 5.74) is 6.36. The Morgan fingerprint density at radius 3 is 2.36 bits per heavy atom. The van der Waals surface area contributed by atoms with Gasteiger partial charge in [0.05, 0.1) is 28.9 Å². The molecular formula is C23H22N4O6. The van der Waals surface area contributed by atoms with Crippen LogP contribution in [0.5, 0.6) is 11.5 Å². The first kappa shape index (κ1) is 23.2. The van der Waals surface area contributed by atoms with Crippen molar-refractivity contribution < 1.29 is 19.3 Å². The van der Waals surface area contributed by atoms with Gasteiger partial charge in [-0.2, -0.15) is 5.10 Å². The van der Waals surface area contributed by atoms with Crippen LogP contribution in [0.25, 0.3) is 0 Å². The Kier molecular flexibility index (Phi) is 7.19. The van der Waals surface area contributed by atoms with E-state index in [-0.39, 0.29) is 29.5 Å². The molecule has 0 unspecified atom stereocenters. The molecule has 0 heterocycles. The van der Waals surface area contributed by atoms with E-state index in [2.05, 4.69) is 10.5 Å². The van der Waals surface area contributed by atoms with Gasteiger partial charge in [-0.05, 0) is 43.2 Å². The first-order valence-electron chi connectivity index (χ1n) is 9.87. The monoisotopic (exact) mass is 450 g/mol. The summed E-state index contributed by atoms with van der Waals surface area (Å²) < 4.78 is 11.2. The van der Waals surface area contributed by atoms with Crippen LogP contribution in [0.3, 0.4) is 0 Å². The molecule has 0 atom stereocenters. The second-order valence-electron chi connectivity index (χ2n) is 7.22. The molecule has 0 radical (unpaired) electrons. The van der Waals surface area contributed by atoms with Crippen molar-refractivity contribution in [2.75, 3.05) is 12.5 Å². The molecular weight excluding hydrogens is 428 g/mol. The Labute approximate surface area is 189 Å². The fourth-order valence-corrected chi connectivity index (χ4v) is 3.06. The highest BCUT2D eigenvalue weighted by atomic mass is 16.6. The molecule has 10 nitrogen and oxygen atoms in total. The molecule has 3 aromatic carbocycles. The van der Waals surface area contributed by atoms with Crippen molar-refractivity contribution in [2.24, 2.45) is 5.10 Å². The van der Waals surface area contributed by atoms with Crippen LogP contribution in [0.1, 0.15) is 22.3 Å². The maximum absolute atomic E-state index is 11.7. The quantitative estimate of drug-likeness (QED) is 0.271. The minimum absolute atomic E-state index is 0.0314. The van der Waals surface area contributed by atoms with Gasteiger partial charge in [-0.15, -0.1) is 0 Å². The van der Waals surface area contributed by atoms with Crippen LogP contribution in [0.15, 0.2) is 59.7 Å². The molecule has 0 spiro atoms. The first-order valence-corrected chi connectivity index (χ1v) is 9.87. The molecule has 0 saturated heterocycles. The number of nitro groups is 2. The van der Waals surface area contributed by atoms with Gasteiger partial charge in [0.15, 0.2) is 5.75 Å².